The average molecular weight is 236 g/mol. The Labute approximate surface area is 110 Å². The summed E-state index contributed by atoms with van der Waals surface area (Å²) < 4.78 is 0. The summed E-state index contributed by atoms with van der Waals surface area (Å²) in [6.45, 7) is 6.74. The second-order valence-corrected chi connectivity index (χ2v) is 6.12. The van der Waals surface area contributed by atoms with Gasteiger partial charge in [-0.2, -0.15) is 0 Å². The Morgan fingerprint density at radius 1 is 0.889 bits per heavy atom. The zero-order valence-electron chi connectivity index (χ0n) is 11.4. The maximum Gasteiger partial charge on any atom is 0.00110 e. The molecule has 0 amide bonds. The molecular weight excluding hydrogens is 216 g/mol. The highest BCUT2D eigenvalue weighted by Gasteiger charge is 2.23. The van der Waals surface area contributed by atoms with Crippen LogP contribution in [0.3, 0.4) is 0 Å². The van der Waals surface area contributed by atoms with Crippen LogP contribution >= 0.6 is 0 Å². The molecule has 1 unspecified atom stereocenters. The van der Waals surface area contributed by atoms with Crippen LogP contribution in [0.25, 0.3) is 0 Å². The minimum atomic E-state index is 0.169. The van der Waals surface area contributed by atoms with Gasteiger partial charge in [-0.3, -0.25) is 0 Å². The molecule has 92 valence electrons. The standard InChI is InChI=1S/C18H20/c1-13-4-6-14-12-15-8-10-18(2,3)11-9-17(15)16(14)7-5-13/h4-11,13H,12H2,1-3H3. The summed E-state index contributed by atoms with van der Waals surface area (Å²) in [7, 11) is 0. The molecular formula is C18H20. The smallest absolute Gasteiger partial charge is 0.00110 e. The van der Waals surface area contributed by atoms with Crippen molar-refractivity contribution < 1.29 is 0 Å². The summed E-state index contributed by atoms with van der Waals surface area (Å²) in [6.07, 6.45) is 19.5. The van der Waals surface area contributed by atoms with Gasteiger partial charge in [0.15, 0.2) is 0 Å². The number of hydrogen-bond donors (Lipinski definition) is 0. The second-order valence-electron chi connectivity index (χ2n) is 6.12. The van der Waals surface area contributed by atoms with Crippen molar-refractivity contribution in [3.8, 4) is 0 Å². The molecule has 3 rings (SSSR count). The lowest BCUT2D eigenvalue weighted by Crippen LogP contribution is -2.01. The van der Waals surface area contributed by atoms with E-state index in [0.717, 1.165) is 6.42 Å². The molecule has 0 heterocycles. The molecule has 0 aromatic rings. The third-order valence-corrected chi connectivity index (χ3v) is 3.92. The van der Waals surface area contributed by atoms with Crippen molar-refractivity contribution in [3.05, 3.63) is 70.9 Å². The Balaban J connectivity index is 2.04. The van der Waals surface area contributed by atoms with Gasteiger partial charge in [0.05, 0.1) is 0 Å². The van der Waals surface area contributed by atoms with Crippen LogP contribution in [0.2, 0.25) is 0 Å². The van der Waals surface area contributed by atoms with Gasteiger partial charge >= 0.3 is 0 Å². The van der Waals surface area contributed by atoms with Crippen LogP contribution in [0.5, 0.6) is 0 Å². The highest BCUT2D eigenvalue weighted by Crippen LogP contribution is 2.40. The van der Waals surface area contributed by atoms with E-state index in [2.05, 4.69) is 69.4 Å². The Kier molecular flexibility index (Phi) is 2.55. The van der Waals surface area contributed by atoms with Crippen molar-refractivity contribution in [1.82, 2.24) is 0 Å². The van der Waals surface area contributed by atoms with E-state index in [-0.39, 0.29) is 5.41 Å². The van der Waals surface area contributed by atoms with Gasteiger partial charge in [-0.1, -0.05) is 69.4 Å². The first-order valence-corrected chi connectivity index (χ1v) is 6.77. The lowest BCUT2D eigenvalue weighted by molar-refractivity contribution is 0.626. The first-order valence-electron chi connectivity index (χ1n) is 6.77. The molecule has 0 saturated carbocycles. The van der Waals surface area contributed by atoms with Crippen molar-refractivity contribution in [2.45, 2.75) is 27.2 Å². The summed E-state index contributed by atoms with van der Waals surface area (Å²) >= 11 is 0. The minimum Gasteiger partial charge on any atom is -0.0776 e. The highest BCUT2D eigenvalue weighted by atomic mass is 14.3. The number of hydrogen-bond acceptors (Lipinski definition) is 0. The predicted octanol–water partition coefficient (Wildman–Crippen LogP) is 4.90. The number of allylic oxidation sites excluding steroid dienone is 12. The predicted molar refractivity (Wildman–Crippen MR) is 78.2 cm³/mol. The van der Waals surface area contributed by atoms with E-state index in [1.54, 1.807) is 0 Å². The molecule has 0 N–H and O–H groups in total. The molecule has 0 aromatic heterocycles. The molecule has 0 aliphatic heterocycles. The molecule has 0 saturated heterocycles. The third kappa shape index (κ3) is 1.96. The van der Waals surface area contributed by atoms with Crippen LogP contribution in [-0.4, -0.2) is 0 Å². The molecule has 3 aliphatic rings. The Hall–Kier alpha value is -1.56. The first-order chi connectivity index (χ1) is 8.55. The Morgan fingerprint density at radius 3 is 2.33 bits per heavy atom. The van der Waals surface area contributed by atoms with Crippen LogP contribution in [0.1, 0.15) is 27.2 Å². The third-order valence-electron chi connectivity index (χ3n) is 3.92. The van der Waals surface area contributed by atoms with E-state index in [9.17, 15) is 0 Å². The molecule has 0 bridgehead atoms. The number of rotatable bonds is 0. The van der Waals surface area contributed by atoms with Crippen LogP contribution in [0, 0.1) is 11.3 Å². The Morgan fingerprint density at radius 2 is 1.50 bits per heavy atom. The van der Waals surface area contributed by atoms with Gasteiger partial charge in [0.2, 0.25) is 0 Å². The van der Waals surface area contributed by atoms with E-state index in [1.165, 1.54) is 22.3 Å². The van der Waals surface area contributed by atoms with Gasteiger partial charge in [-0.15, -0.1) is 0 Å². The molecule has 0 fully saturated rings. The van der Waals surface area contributed by atoms with Gasteiger partial charge in [0, 0.05) is 5.41 Å². The van der Waals surface area contributed by atoms with Crippen molar-refractivity contribution in [1.29, 1.82) is 0 Å². The van der Waals surface area contributed by atoms with Crippen molar-refractivity contribution in [2.24, 2.45) is 11.3 Å². The molecule has 1 atom stereocenters. The molecule has 0 spiro atoms. The molecule has 18 heavy (non-hydrogen) atoms. The van der Waals surface area contributed by atoms with Crippen molar-refractivity contribution in [3.63, 3.8) is 0 Å². The topological polar surface area (TPSA) is 0 Å². The quantitative estimate of drug-likeness (QED) is 0.561. The fourth-order valence-corrected chi connectivity index (χ4v) is 2.68. The fraction of sp³-hybridized carbons (Fsp3) is 0.333. The van der Waals surface area contributed by atoms with E-state index >= 15 is 0 Å². The van der Waals surface area contributed by atoms with Gasteiger partial charge in [-0.05, 0) is 34.6 Å². The summed E-state index contributed by atoms with van der Waals surface area (Å²) in [5, 5.41) is 0. The van der Waals surface area contributed by atoms with Gasteiger partial charge in [-0.25, -0.2) is 0 Å². The molecule has 0 radical (unpaired) electrons. The molecule has 0 aromatic carbocycles. The van der Waals surface area contributed by atoms with E-state index in [0.29, 0.717) is 5.92 Å². The zero-order valence-corrected chi connectivity index (χ0v) is 11.4. The average Bonchev–Trinajstić information content (AvgIpc) is 2.45. The van der Waals surface area contributed by atoms with Crippen LogP contribution in [0.4, 0.5) is 0 Å². The molecule has 3 aliphatic carbocycles. The number of fused-ring (bicyclic) bond motifs is 1. The van der Waals surface area contributed by atoms with Crippen LogP contribution < -0.4 is 0 Å². The van der Waals surface area contributed by atoms with Gasteiger partial charge in [0.1, 0.15) is 0 Å². The maximum absolute atomic E-state index is 2.31. The largest absolute Gasteiger partial charge is 0.0776 e. The van der Waals surface area contributed by atoms with E-state index < -0.39 is 0 Å². The lowest BCUT2D eigenvalue weighted by Gasteiger charge is -2.13. The SMILES string of the molecule is CC1C=CC2=C(C=C1)C1=C(C=CC(C)(C)C=C1)C2. The van der Waals surface area contributed by atoms with Gasteiger partial charge < -0.3 is 0 Å². The highest BCUT2D eigenvalue weighted by molar-refractivity contribution is 5.64. The summed E-state index contributed by atoms with van der Waals surface area (Å²) in [5.41, 5.74) is 5.94. The monoisotopic (exact) mass is 236 g/mol. The second kappa shape index (κ2) is 3.98. The van der Waals surface area contributed by atoms with E-state index in [4.69, 9.17) is 0 Å². The summed E-state index contributed by atoms with van der Waals surface area (Å²) in [6, 6.07) is 0. The van der Waals surface area contributed by atoms with Crippen LogP contribution in [-0.2, 0) is 0 Å². The van der Waals surface area contributed by atoms with E-state index in [1.807, 2.05) is 0 Å². The minimum absolute atomic E-state index is 0.169. The van der Waals surface area contributed by atoms with Crippen LogP contribution in [0.15, 0.2) is 70.9 Å². The summed E-state index contributed by atoms with van der Waals surface area (Å²) in [5.74, 6) is 0.543. The maximum atomic E-state index is 2.31. The first kappa shape index (κ1) is 11.5. The summed E-state index contributed by atoms with van der Waals surface area (Å²) in [4.78, 5) is 0. The zero-order chi connectivity index (χ0) is 12.8. The van der Waals surface area contributed by atoms with Crippen molar-refractivity contribution >= 4 is 0 Å². The fourth-order valence-electron chi connectivity index (χ4n) is 2.68. The van der Waals surface area contributed by atoms with Gasteiger partial charge in [0.25, 0.3) is 0 Å². The lowest BCUT2D eigenvalue weighted by atomic mass is 9.92. The Bertz CT molecular complexity index is 557. The molecule has 0 nitrogen and oxygen atoms in total. The molecule has 0 heteroatoms. The normalized spacial score (nSPS) is 28.3. The van der Waals surface area contributed by atoms with Crippen molar-refractivity contribution in [2.75, 3.05) is 0 Å².